The molecule has 0 unspecified atom stereocenters. The standard InChI is InChI=1S/C10H13N2/c1-2-8-12(9-3-1)10-4-6-11-7-5-10/h4-6H,1-3,8-9H2. The van der Waals surface area contributed by atoms with Crippen molar-refractivity contribution in [2.75, 3.05) is 18.0 Å². The van der Waals surface area contributed by atoms with Crippen LogP contribution in [0.25, 0.3) is 0 Å². The molecule has 0 N–H and O–H groups in total. The molecule has 0 amide bonds. The van der Waals surface area contributed by atoms with Crippen molar-refractivity contribution < 1.29 is 0 Å². The van der Waals surface area contributed by atoms with Gasteiger partial charge in [-0.1, -0.05) is 0 Å². The van der Waals surface area contributed by atoms with Crippen molar-refractivity contribution in [2.45, 2.75) is 19.3 Å². The highest BCUT2D eigenvalue weighted by Gasteiger charge is 2.09. The molecule has 1 saturated heterocycles. The number of hydrogen-bond donors (Lipinski definition) is 0. The van der Waals surface area contributed by atoms with E-state index in [4.69, 9.17) is 0 Å². The molecule has 1 aromatic rings. The minimum Gasteiger partial charge on any atom is -0.371 e. The molecular weight excluding hydrogens is 148 g/mol. The average molecular weight is 161 g/mol. The first-order valence-electron chi connectivity index (χ1n) is 4.54. The van der Waals surface area contributed by atoms with E-state index < -0.39 is 0 Å². The van der Waals surface area contributed by atoms with Crippen LogP contribution in [0.2, 0.25) is 0 Å². The van der Waals surface area contributed by atoms with Crippen LogP contribution in [0.5, 0.6) is 0 Å². The zero-order valence-corrected chi connectivity index (χ0v) is 7.16. The van der Waals surface area contributed by atoms with E-state index in [1.165, 1.54) is 38.0 Å². The molecule has 2 heteroatoms. The molecule has 1 radical (unpaired) electrons. The van der Waals surface area contributed by atoms with Gasteiger partial charge < -0.3 is 4.90 Å². The molecule has 0 saturated carbocycles. The van der Waals surface area contributed by atoms with Gasteiger partial charge in [0.1, 0.15) is 0 Å². The Balaban J connectivity index is 2.08. The smallest absolute Gasteiger partial charge is 0.0907 e. The Kier molecular flexibility index (Phi) is 2.26. The molecule has 1 aliphatic heterocycles. The van der Waals surface area contributed by atoms with Crippen molar-refractivity contribution in [3.05, 3.63) is 24.5 Å². The van der Waals surface area contributed by atoms with Crippen molar-refractivity contribution >= 4 is 5.69 Å². The number of aromatic nitrogens is 1. The van der Waals surface area contributed by atoms with E-state index in [1.54, 1.807) is 0 Å². The first-order chi connectivity index (χ1) is 5.97. The van der Waals surface area contributed by atoms with Crippen LogP contribution in [-0.4, -0.2) is 18.1 Å². The van der Waals surface area contributed by atoms with Crippen LogP contribution in [0.1, 0.15) is 19.3 Å². The van der Waals surface area contributed by atoms with Gasteiger partial charge in [-0.2, -0.15) is 0 Å². The van der Waals surface area contributed by atoms with Gasteiger partial charge in [-0.3, -0.25) is 4.98 Å². The molecule has 1 aliphatic rings. The van der Waals surface area contributed by atoms with E-state index in [0.29, 0.717) is 0 Å². The van der Waals surface area contributed by atoms with E-state index in [0.717, 1.165) is 0 Å². The van der Waals surface area contributed by atoms with Crippen molar-refractivity contribution in [3.8, 4) is 0 Å². The number of pyridine rings is 1. The Morgan fingerprint density at radius 3 is 2.75 bits per heavy atom. The second kappa shape index (κ2) is 3.57. The fraction of sp³-hybridized carbons (Fsp3) is 0.500. The number of rotatable bonds is 1. The molecule has 12 heavy (non-hydrogen) atoms. The van der Waals surface area contributed by atoms with Gasteiger partial charge >= 0.3 is 0 Å². The third kappa shape index (κ3) is 1.58. The largest absolute Gasteiger partial charge is 0.371 e. The lowest BCUT2D eigenvalue weighted by molar-refractivity contribution is 0.577. The van der Waals surface area contributed by atoms with Gasteiger partial charge in [0.25, 0.3) is 0 Å². The van der Waals surface area contributed by atoms with Crippen molar-refractivity contribution in [2.24, 2.45) is 0 Å². The maximum Gasteiger partial charge on any atom is 0.0907 e. The van der Waals surface area contributed by atoms with E-state index in [9.17, 15) is 0 Å². The molecule has 0 atom stereocenters. The van der Waals surface area contributed by atoms with E-state index in [1.807, 2.05) is 12.3 Å². The minimum atomic E-state index is 1.19. The third-order valence-corrected chi connectivity index (χ3v) is 2.33. The lowest BCUT2D eigenvalue weighted by Crippen LogP contribution is -2.29. The predicted octanol–water partition coefficient (Wildman–Crippen LogP) is 1.87. The predicted molar refractivity (Wildman–Crippen MR) is 49.1 cm³/mol. The van der Waals surface area contributed by atoms with Gasteiger partial charge in [-0.25, -0.2) is 0 Å². The highest BCUT2D eigenvalue weighted by Crippen LogP contribution is 2.17. The summed E-state index contributed by atoms with van der Waals surface area (Å²) in [5, 5.41) is 0. The van der Waals surface area contributed by atoms with Gasteiger partial charge in [-0.05, 0) is 31.4 Å². The fourth-order valence-electron chi connectivity index (χ4n) is 1.66. The topological polar surface area (TPSA) is 16.1 Å². The van der Waals surface area contributed by atoms with Gasteiger partial charge in [0.05, 0.1) is 6.20 Å². The summed E-state index contributed by atoms with van der Waals surface area (Å²) in [4.78, 5) is 6.29. The molecule has 2 heterocycles. The van der Waals surface area contributed by atoms with Crippen LogP contribution in [0.3, 0.4) is 0 Å². The molecular formula is C10H13N2. The maximum atomic E-state index is 3.89. The fourth-order valence-corrected chi connectivity index (χ4v) is 1.66. The van der Waals surface area contributed by atoms with Crippen molar-refractivity contribution in [3.63, 3.8) is 0 Å². The number of hydrogen-bond acceptors (Lipinski definition) is 2. The lowest BCUT2D eigenvalue weighted by Gasteiger charge is -2.28. The lowest BCUT2D eigenvalue weighted by atomic mass is 10.1. The van der Waals surface area contributed by atoms with Crippen molar-refractivity contribution in [1.82, 2.24) is 4.98 Å². The van der Waals surface area contributed by atoms with Gasteiger partial charge in [0.15, 0.2) is 0 Å². The molecule has 2 nitrogen and oxygen atoms in total. The second-order valence-electron chi connectivity index (χ2n) is 3.19. The van der Waals surface area contributed by atoms with Crippen LogP contribution in [0.4, 0.5) is 5.69 Å². The average Bonchev–Trinajstić information content (AvgIpc) is 2.21. The summed E-state index contributed by atoms with van der Waals surface area (Å²) in [6.07, 6.45) is 8.70. The van der Waals surface area contributed by atoms with Crippen LogP contribution in [-0.2, 0) is 0 Å². The molecule has 0 bridgehead atoms. The Morgan fingerprint density at radius 2 is 2.08 bits per heavy atom. The summed E-state index contributed by atoms with van der Waals surface area (Å²) in [6.45, 7) is 2.38. The highest BCUT2D eigenvalue weighted by atomic mass is 15.1. The van der Waals surface area contributed by atoms with Crippen LogP contribution >= 0.6 is 0 Å². The summed E-state index contributed by atoms with van der Waals surface area (Å²) in [5.74, 6) is 0. The Hall–Kier alpha value is -1.05. The number of piperidine rings is 1. The Bertz CT molecular complexity index is 227. The molecule has 63 valence electrons. The van der Waals surface area contributed by atoms with Gasteiger partial charge in [-0.15, -0.1) is 0 Å². The zero-order valence-electron chi connectivity index (χ0n) is 7.16. The maximum absolute atomic E-state index is 3.89. The molecule has 2 rings (SSSR count). The first-order valence-corrected chi connectivity index (χ1v) is 4.54. The van der Waals surface area contributed by atoms with E-state index >= 15 is 0 Å². The van der Waals surface area contributed by atoms with E-state index in [2.05, 4.69) is 22.1 Å². The van der Waals surface area contributed by atoms with Crippen LogP contribution in [0.15, 0.2) is 18.3 Å². The third-order valence-electron chi connectivity index (χ3n) is 2.33. The van der Waals surface area contributed by atoms with Gasteiger partial charge in [0, 0.05) is 25.0 Å². The number of nitrogens with zero attached hydrogens (tertiary/aromatic N) is 2. The minimum absolute atomic E-state index is 1.19. The molecule has 0 aliphatic carbocycles. The molecule has 0 spiro atoms. The highest BCUT2D eigenvalue weighted by molar-refractivity contribution is 5.44. The van der Waals surface area contributed by atoms with Crippen LogP contribution in [0, 0.1) is 6.20 Å². The summed E-state index contributed by atoms with van der Waals surface area (Å²) < 4.78 is 0. The molecule has 1 aromatic heterocycles. The normalized spacial score (nSPS) is 17.8. The number of anilines is 1. The zero-order chi connectivity index (χ0) is 8.23. The molecule has 0 aromatic carbocycles. The summed E-state index contributed by atoms with van der Waals surface area (Å²) in [5.41, 5.74) is 1.27. The monoisotopic (exact) mass is 161 g/mol. The van der Waals surface area contributed by atoms with E-state index in [-0.39, 0.29) is 0 Å². The molecule has 1 fully saturated rings. The quantitative estimate of drug-likeness (QED) is 0.625. The van der Waals surface area contributed by atoms with Gasteiger partial charge in [0.2, 0.25) is 0 Å². The Morgan fingerprint density at radius 1 is 1.25 bits per heavy atom. The SMILES string of the molecule is [c]1cc(N2CCCCC2)ccn1. The second-order valence-corrected chi connectivity index (χ2v) is 3.19. The summed E-state index contributed by atoms with van der Waals surface area (Å²) in [6, 6.07) is 4.02. The summed E-state index contributed by atoms with van der Waals surface area (Å²) in [7, 11) is 0. The van der Waals surface area contributed by atoms with Crippen molar-refractivity contribution in [1.29, 1.82) is 0 Å². The first kappa shape index (κ1) is 7.59. The van der Waals surface area contributed by atoms with Crippen LogP contribution < -0.4 is 4.90 Å². The summed E-state index contributed by atoms with van der Waals surface area (Å²) >= 11 is 0. The Labute approximate surface area is 73.2 Å².